The van der Waals surface area contributed by atoms with Crippen LogP contribution < -0.4 is 15.0 Å². The molecule has 2 aromatic heterocycles. The van der Waals surface area contributed by atoms with Crippen LogP contribution >= 0.6 is 0 Å². The first-order valence-electron chi connectivity index (χ1n) is 11.2. The number of hydrogen-bond acceptors (Lipinski definition) is 7. The van der Waals surface area contributed by atoms with Gasteiger partial charge in [0.05, 0.1) is 31.5 Å². The predicted octanol–water partition coefficient (Wildman–Crippen LogP) is 2.77. The number of piperidine rings is 1. The number of ether oxygens (including phenoxy) is 2. The molecule has 2 aliphatic rings. The van der Waals surface area contributed by atoms with Crippen molar-refractivity contribution in [3.8, 4) is 11.8 Å². The van der Waals surface area contributed by atoms with Crippen molar-refractivity contribution >= 4 is 16.7 Å². The predicted molar refractivity (Wildman–Crippen MR) is 121 cm³/mol. The fourth-order valence-corrected chi connectivity index (χ4v) is 4.75. The summed E-state index contributed by atoms with van der Waals surface area (Å²) in [4.78, 5) is 11.3. The van der Waals surface area contributed by atoms with E-state index in [2.05, 4.69) is 44.3 Å². The Hall–Kier alpha value is -2.78. The van der Waals surface area contributed by atoms with Gasteiger partial charge in [0, 0.05) is 37.0 Å². The average Bonchev–Trinajstić information content (AvgIpc) is 3.21. The largest absolute Gasteiger partial charge is 0.467 e. The Bertz CT molecular complexity index is 1120. The second kappa shape index (κ2) is 8.63. The van der Waals surface area contributed by atoms with E-state index in [1.54, 1.807) is 11.8 Å². The highest BCUT2D eigenvalue weighted by atomic mass is 19.1. The van der Waals surface area contributed by atoms with E-state index < -0.39 is 6.17 Å². The minimum atomic E-state index is -0.898. The second-order valence-electron chi connectivity index (χ2n) is 8.64. The van der Waals surface area contributed by atoms with E-state index in [-0.39, 0.29) is 18.0 Å². The Balaban J connectivity index is 1.58. The number of aryl methyl sites for hydroxylation is 1. The fraction of sp³-hybridized carbons (Fsp3) is 0.522. The molecule has 1 N–H and O–H groups in total. The van der Waals surface area contributed by atoms with E-state index in [1.807, 2.05) is 19.2 Å². The van der Waals surface area contributed by atoms with Gasteiger partial charge in [-0.1, -0.05) is 0 Å². The summed E-state index contributed by atoms with van der Waals surface area (Å²) in [5.74, 6) is 1.28. The van der Waals surface area contributed by atoms with Gasteiger partial charge in [-0.15, -0.1) is 0 Å². The number of fused-ring (bicyclic) bond motifs is 1. The van der Waals surface area contributed by atoms with E-state index >= 15 is 0 Å². The van der Waals surface area contributed by atoms with Crippen LogP contribution in [-0.2, 0) is 4.74 Å². The number of anilines is 1. The molecule has 5 rings (SSSR count). The first-order chi connectivity index (χ1) is 15.5. The lowest BCUT2D eigenvalue weighted by Crippen LogP contribution is -2.41. The third-order valence-corrected chi connectivity index (χ3v) is 6.41. The zero-order chi connectivity index (χ0) is 22.2. The van der Waals surface area contributed by atoms with E-state index in [4.69, 9.17) is 9.47 Å². The van der Waals surface area contributed by atoms with Crippen LogP contribution in [0.25, 0.3) is 16.7 Å². The Morgan fingerprint density at radius 2 is 2.06 bits per heavy atom. The molecule has 0 bridgehead atoms. The molecule has 0 aliphatic carbocycles. The van der Waals surface area contributed by atoms with Crippen LogP contribution in [0.4, 0.5) is 10.2 Å². The van der Waals surface area contributed by atoms with Crippen LogP contribution in [0.1, 0.15) is 30.4 Å². The molecule has 0 saturated carbocycles. The number of rotatable bonds is 4. The molecule has 0 spiro atoms. The lowest BCUT2D eigenvalue weighted by molar-refractivity contribution is 0.0529. The van der Waals surface area contributed by atoms with E-state index in [1.165, 1.54) is 0 Å². The number of halogens is 1. The topological polar surface area (TPSA) is 77.3 Å². The molecule has 9 heteroatoms. The third-order valence-electron chi connectivity index (χ3n) is 6.41. The van der Waals surface area contributed by atoms with Crippen molar-refractivity contribution in [1.82, 2.24) is 25.1 Å². The summed E-state index contributed by atoms with van der Waals surface area (Å²) >= 11 is 0. The number of nitrogens with zero attached hydrogens (tertiary/aromatic N) is 5. The minimum Gasteiger partial charge on any atom is -0.467 e. The molecule has 0 amide bonds. The number of alkyl halides is 1. The summed E-state index contributed by atoms with van der Waals surface area (Å²) < 4.78 is 27.6. The molecule has 1 aromatic carbocycles. The van der Waals surface area contributed by atoms with Crippen molar-refractivity contribution in [3.05, 3.63) is 35.5 Å². The summed E-state index contributed by atoms with van der Waals surface area (Å²) in [6.07, 6.45) is 1.84. The summed E-state index contributed by atoms with van der Waals surface area (Å²) in [7, 11) is 1.56. The Kier molecular flexibility index (Phi) is 5.69. The molecule has 2 saturated heterocycles. The SMILES string of the molecule is COc1nc(N2CCO[C@@H](C)C2)cc(-n2ncc3cc(C)c(C4CCNCC4F)cc32)n1. The quantitative estimate of drug-likeness (QED) is 0.668. The zero-order valence-electron chi connectivity index (χ0n) is 18.7. The van der Waals surface area contributed by atoms with Crippen LogP contribution in [0.3, 0.4) is 0 Å². The standard InChI is InChI=1S/C23H29FN6O2/c1-14-8-16-11-26-30(20(16)9-18(14)17-4-5-25-12-19(17)24)22-10-21(27-23(28-22)31-3)29-6-7-32-15(2)13-29/h8-11,15,17,19,25H,4-7,12-13H2,1-3H3/t15-,17?,19?/m0/s1. The lowest BCUT2D eigenvalue weighted by Gasteiger charge is -2.32. The third kappa shape index (κ3) is 3.91. The summed E-state index contributed by atoms with van der Waals surface area (Å²) in [6.45, 7) is 7.47. The maximum atomic E-state index is 14.7. The average molecular weight is 441 g/mol. The smallest absolute Gasteiger partial charge is 0.320 e. The molecule has 8 nitrogen and oxygen atoms in total. The molecular weight excluding hydrogens is 411 g/mol. The molecule has 32 heavy (non-hydrogen) atoms. The number of aromatic nitrogens is 4. The zero-order valence-corrected chi connectivity index (χ0v) is 18.7. The van der Waals surface area contributed by atoms with Gasteiger partial charge in [-0.25, -0.2) is 9.07 Å². The molecule has 2 unspecified atom stereocenters. The maximum absolute atomic E-state index is 14.7. The van der Waals surface area contributed by atoms with E-state index in [0.29, 0.717) is 19.0 Å². The molecule has 4 heterocycles. The number of hydrogen-bond donors (Lipinski definition) is 1. The first kappa shape index (κ1) is 21.1. The Morgan fingerprint density at radius 1 is 1.22 bits per heavy atom. The van der Waals surface area contributed by atoms with Crippen molar-refractivity contribution in [2.75, 3.05) is 44.8 Å². The summed E-state index contributed by atoms with van der Waals surface area (Å²) in [6, 6.07) is 6.38. The highest BCUT2D eigenvalue weighted by Gasteiger charge is 2.28. The van der Waals surface area contributed by atoms with Gasteiger partial charge in [0.25, 0.3) is 0 Å². The number of nitrogens with one attached hydrogen (secondary N) is 1. The van der Waals surface area contributed by atoms with Gasteiger partial charge >= 0.3 is 6.01 Å². The number of methoxy groups -OCH3 is 1. The minimum absolute atomic E-state index is 0.116. The van der Waals surface area contributed by atoms with Gasteiger partial charge in [0.2, 0.25) is 0 Å². The van der Waals surface area contributed by atoms with Crippen molar-refractivity contribution in [3.63, 3.8) is 0 Å². The molecule has 3 aromatic rings. The van der Waals surface area contributed by atoms with Gasteiger partial charge in [0.15, 0.2) is 5.82 Å². The fourth-order valence-electron chi connectivity index (χ4n) is 4.75. The van der Waals surface area contributed by atoms with Crippen LogP contribution in [-0.4, -0.2) is 71.9 Å². The van der Waals surface area contributed by atoms with Gasteiger partial charge in [-0.05, 0) is 50.1 Å². The Labute approximate surface area is 186 Å². The molecule has 3 atom stereocenters. The normalized spacial score (nSPS) is 24.1. The maximum Gasteiger partial charge on any atom is 0.320 e. The first-order valence-corrected chi connectivity index (χ1v) is 11.2. The van der Waals surface area contributed by atoms with Crippen molar-refractivity contribution in [1.29, 1.82) is 0 Å². The van der Waals surface area contributed by atoms with Crippen molar-refractivity contribution in [2.24, 2.45) is 0 Å². The highest BCUT2D eigenvalue weighted by molar-refractivity contribution is 5.82. The second-order valence-corrected chi connectivity index (χ2v) is 8.64. The van der Waals surface area contributed by atoms with Gasteiger partial charge in [-0.2, -0.15) is 15.1 Å². The van der Waals surface area contributed by atoms with Crippen LogP contribution in [0, 0.1) is 6.92 Å². The summed E-state index contributed by atoms with van der Waals surface area (Å²) in [5.41, 5.74) is 3.03. The lowest BCUT2D eigenvalue weighted by atomic mass is 9.85. The molecule has 2 fully saturated rings. The summed E-state index contributed by atoms with van der Waals surface area (Å²) in [5, 5.41) is 8.74. The van der Waals surface area contributed by atoms with Crippen LogP contribution in [0.15, 0.2) is 24.4 Å². The molecule has 0 radical (unpaired) electrons. The number of morpholine rings is 1. The van der Waals surface area contributed by atoms with Crippen molar-refractivity contribution in [2.45, 2.75) is 38.5 Å². The molecule has 170 valence electrons. The Morgan fingerprint density at radius 3 is 2.84 bits per heavy atom. The van der Waals surface area contributed by atoms with Gasteiger partial charge < -0.3 is 19.7 Å². The highest BCUT2D eigenvalue weighted by Crippen LogP contribution is 2.33. The molecular formula is C23H29FN6O2. The van der Waals surface area contributed by atoms with E-state index in [0.717, 1.165) is 53.9 Å². The van der Waals surface area contributed by atoms with Gasteiger partial charge in [-0.3, -0.25) is 0 Å². The number of benzene rings is 1. The van der Waals surface area contributed by atoms with Crippen LogP contribution in [0.2, 0.25) is 0 Å². The molecule has 2 aliphatic heterocycles. The van der Waals surface area contributed by atoms with Crippen molar-refractivity contribution < 1.29 is 13.9 Å². The monoisotopic (exact) mass is 440 g/mol. The van der Waals surface area contributed by atoms with Gasteiger partial charge in [0.1, 0.15) is 12.0 Å². The van der Waals surface area contributed by atoms with Crippen LogP contribution in [0.5, 0.6) is 6.01 Å². The van der Waals surface area contributed by atoms with E-state index in [9.17, 15) is 4.39 Å².